The molecule has 2 N–H and O–H groups in total. The maximum absolute atomic E-state index is 5.40. The first kappa shape index (κ1) is 8.75. The summed E-state index contributed by atoms with van der Waals surface area (Å²) < 4.78 is 5.40. The van der Waals surface area contributed by atoms with E-state index in [9.17, 15) is 0 Å². The molecular weight excluding hydrogens is 194 g/mol. The Balaban J connectivity index is 1.95. The standard InChI is InChI=1S/C9H11N5O/c1-2-15-5-8(10-1)6-3-7-9(11-4-6)13-14-12-7/h3-4,8,10H,1-2,5H2,(H,11,12,13,14). The minimum absolute atomic E-state index is 0.215. The van der Waals surface area contributed by atoms with Crippen LogP contribution in [-0.4, -0.2) is 40.2 Å². The number of ether oxygens (including phenoxy) is 1. The average Bonchev–Trinajstić information content (AvgIpc) is 2.77. The van der Waals surface area contributed by atoms with Crippen LogP contribution in [0.3, 0.4) is 0 Å². The highest BCUT2D eigenvalue weighted by molar-refractivity contribution is 5.69. The van der Waals surface area contributed by atoms with E-state index in [-0.39, 0.29) is 6.04 Å². The number of nitrogens with one attached hydrogen (secondary N) is 2. The molecule has 1 saturated heterocycles. The lowest BCUT2D eigenvalue weighted by Gasteiger charge is -2.23. The number of nitrogens with zero attached hydrogens (tertiary/aromatic N) is 3. The molecule has 78 valence electrons. The van der Waals surface area contributed by atoms with Gasteiger partial charge in [-0.2, -0.15) is 10.3 Å². The van der Waals surface area contributed by atoms with Crippen molar-refractivity contribution in [1.29, 1.82) is 0 Å². The summed E-state index contributed by atoms with van der Waals surface area (Å²) in [6.07, 6.45) is 1.82. The molecule has 15 heavy (non-hydrogen) atoms. The van der Waals surface area contributed by atoms with Crippen molar-refractivity contribution in [2.24, 2.45) is 0 Å². The van der Waals surface area contributed by atoms with Gasteiger partial charge in [0.2, 0.25) is 5.65 Å². The number of morpholine rings is 1. The van der Waals surface area contributed by atoms with Crippen molar-refractivity contribution < 1.29 is 4.74 Å². The number of hydrogen-bond acceptors (Lipinski definition) is 5. The smallest absolute Gasteiger partial charge is 0.201 e. The summed E-state index contributed by atoms with van der Waals surface area (Å²) in [5.74, 6) is 0. The normalized spacial score (nSPS) is 22.0. The third kappa shape index (κ3) is 1.57. The molecule has 0 bridgehead atoms. The summed E-state index contributed by atoms with van der Waals surface area (Å²) in [4.78, 5) is 4.22. The van der Waals surface area contributed by atoms with E-state index in [1.165, 1.54) is 0 Å². The minimum Gasteiger partial charge on any atom is -0.378 e. The number of hydrogen-bond donors (Lipinski definition) is 2. The highest BCUT2D eigenvalue weighted by Gasteiger charge is 2.16. The van der Waals surface area contributed by atoms with Crippen LogP contribution < -0.4 is 5.32 Å². The zero-order valence-electron chi connectivity index (χ0n) is 8.10. The van der Waals surface area contributed by atoms with Crippen LogP contribution in [-0.2, 0) is 4.74 Å². The third-order valence-corrected chi connectivity index (χ3v) is 2.52. The van der Waals surface area contributed by atoms with Gasteiger partial charge in [-0.05, 0) is 11.6 Å². The second-order valence-electron chi connectivity index (χ2n) is 3.52. The van der Waals surface area contributed by atoms with E-state index in [1.807, 2.05) is 12.3 Å². The molecule has 0 saturated carbocycles. The van der Waals surface area contributed by atoms with Crippen molar-refractivity contribution in [2.75, 3.05) is 19.8 Å². The number of aromatic amines is 1. The van der Waals surface area contributed by atoms with Crippen molar-refractivity contribution in [3.63, 3.8) is 0 Å². The quantitative estimate of drug-likeness (QED) is 0.686. The first-order valence-electron chi connectivity index (χ1n) is 4.91. The van der Waals surface area contributed by atoms with E-state index in [1.54, 1.807) is 0 Å². The van der Waals surface area contributed by atoms with Crippen LogP contribution in [0.15, 0.2) is 12.3 Å². The second-order valence-corrected chi connectivity index (χ2v) is 3.52. The molecule has 6 nitrogen and oxygen atoms in total. The van der Waals surface area contributed by atoms with Crippen molar-refractivity contribution in [1.82, 2.24) is 25.7 Å². The molecule has 0 aliphatic carbocycles. The molecule has 2 aromatic heterocycles. The van der Waals surface area contributed by atoms with Gasteiger partial charge < -0.3 is 10.1 Å². The Morgan fingerprint density at radius 2 is 2.40 bits per heavy atom. The summed E-state index contributed by atoms with van der Waals surface area (Å²) in [6, 6.07) is 2.20. The number of H-pyrrole nitrogens is 1. The molecule has 1 atom stereocenters. The Morgan fingerprint density at radius 3 is 3.27 bits per heavy atom. The van der Waals surface area contributed by atoms with Crippen molar-refractivity contribution >= 4 is 11.2 Å². The molecule has 1 aliphatic rings. The van der Waals surface area contributed by atoms with Crippen LogP contribution in [0.1, 0.15) is 11.6 Å². The first-order valence-corrected chi connectivity index (χ1v) is 4.91. The van der Waals surface area contributed by atoms with E-state index in [0.717, 1.165) is 24.2 Å². The van der Waals surface area contributed by atoms with E-state index >= 15 is 0 Å². The Morgan fingerprint density at radius 1 is 1.40 bits per heavy atom. The average molecular weight is 205 g/mol. The van der Waals surface area contributed by atoms with Crippen molar-refractivity contribution in [3.8, 4) is 0 Å². The van der Waals surface area contributed by atoms with Gasteiger partial charge in [0.1, 0.15) is 5.52 Å². The topological polar surface area (TPSA) is 75.7 Å². The molecule has 3 heterocycles. The molecule has 0 amide bonds. The fourth-order valence-electron chi connectivity index (χ4n) is 1.73. The summed E-state index contributed by atoms with van der Waals surface area (Å²) in [7, 11) is 0. The molecule has 0 spiro atoms. The predicted octanol–water partition coefficient (Wildman–Crippen LogP) is 0.0138. The molecule has 1 fully saturated rings. The largest absolute Gasteiger partial charge is 0.378 e. The number of aromatic nitrogens is 4. The number of pyridine rings is 1. The summed E-state index contributed by atoms with van der Waals surface area (Å²) in [5.41, 5.74) is 2.53. The van der Waals surface area contributed by atoms with Crippen LogP contribution >= 0.6 is 0 Å². The molecule has 2 aromatic rings. The Kier molecular flexibility index (Phi) is 2.08. The lowest BCUT2D eigenvalue weighted by molar-refractivity contribution is 0.0768. The maximum atomic E-state index is 5.40. The SMILES string of the molecule is c1nc2n[nH]nc2cc1C1COCCN1. The molecule has 3 rings (SSSR count). The van der Waals surface area contributed by atoms with Gasteiger partial charge in [-0.1, -0.05) is 0 Å². The van der Waals surface area contributed by atoms with E-state index in [4.69, 9.17) is 4.74 Å². The monoisotopic (exact) mass is 205 g/mol. The van der Waals surface area contributed by atoms with Gasteiger partial charge in [0, 0.05) is 12.7 Å². The highest BCUT2D eigenvalue weighted by atomic mass is 16.5. The van der Waals surface area contributed by atoms with Crippen LogP contribution in [0.25, 0.3) is 11.2 Å². The van der Waals surface area contributed by atoms with Crippen LogP contribution in [0.2, 0.25) is 0 Å². The van der Waals surface area contributed by atoms with Gasteiger partial charge in [0.15, 0.2) is 0 Å². The van der Waals surface area contributed by atoms with Gasteiger partial charge in [-0.25, -0.2) is 4.98 Å². The van der Waals surface area contributed by atoms with Crippen LogP contribution in [0.5, 0.6) is 0 Å². The van der Waals surface area contributed by atoms with Gasteiger partial charge >= 0.3 is 0 Å². The second kappa shape index (κ2) is 3.56. The Hall–Kier alpha value is -1.53. The van der Waals surface area contributed by atoms with Gasteiger partial charge in [0.25, 0.3) is 0 Å². The maximum Gasteiger partial charge on any atom is 0.201 e. The van der Waals surface area contributed by atoms with E-state index in [2.05, 4.69) is 25.7 Å². The third-order valence-electron chi connectivity index (χ3n) is 2.52. The molecule has 0 radical (unpaired) electrons. The summed E-state index contributed by atoms with van der Waals surface area (Å²) in [6.45, 7) is 2.34. The molecular formula is C9H11N5O. The summed E-state index contributed by atoms with van der Waals surface area (Å²) >= 11 is 0. The zero-order chi connectivity index (χ0) is 10.1. The molecule has 1 aliphatic heterocycles. The highest BCUT2D eigenvalue weighted by Crippen LogP contribution is 2.17. The lowest BCUT2D eigenvalue weighted by Crippen LogP contribution is -2.34. The molecule has 6 heteroatoms. The Labute approximate surface area is 86.0 Å². The fraction of sp³-hybridized carbons (Fsp3) is 0.444. The molecule has 0 aromatic carbocycles. The minimum atomic E-state index is 0.215. The zero-order valence-corrected chi connectivity index (χ0v) is 8.10. The fourth-order valence-corrected chi connectivity index (χ4v) is 1.73. The summed E-state index contributed by atoms with van der Waals surface area (Å²) in [5, 5.41) is 13.8. The Bertz CT molecular complexity index is 462. The molecule has 1 unspecified atom stereocenters. The number of fused-ring (bicyclic) bond motifs is 1. The van der Waals surface area contributed by atoms with Gasteiger partial charge in [-0.15, -0.1) is 5.10 Å². The number of rotatable bonds is 1. The lowest BCUT2D eigenvalue weighted by atomic mass is 10.1. The van der Waals surface area contributed by atoms with Crippen LogP contribution in [0.4, 0.5) is 0 Å². The van der Waals surface area contributed by atoms with Crippen molar-refractivity contribution in [3.05, 3.63) is 17.8 Å². The predicted molar refractivity (Wildman–Crippen MR) is 53.2 cm³/mol. The van der Waals surface area contributed by atoms with E-state index in [0.29, 0.717) is 12.3 Å². The van der Waals surface area contributed by atoms with Crippen molar-refractivity contribution in [2.45, 2.75) is 6.04 Å². The van der Waals surface area contributed by atoms with Gasteiger partial charge in [-0.3, -0.25) is 0 Å². The first-order chi connectivity index (χ1) is 7.43. The van der Waals surface area contributed by atoms with Crippen LogP contribution in [0, 0.1) is 0 Å². The van der Waals surface area contributed by atoms with E-state index < -0.39 is 0 Å². The van der Waals surface area contributed by atoms with Gasteiger partial charge in [0.05, 0.1) is 19.3 Å².